The van der Waals surface area contributed by atoms with Crippen molar-refractivity contribution in [1.29, 1.82) is 0 Å². The van der Waals surface area contributed by atoms with E-state index in [1.54, 1.807) is 25.3 Å². The zero-order valence-electron chi connectivity index (χ0n) is 16.4. The molecule has 0 aliphatic rings. The number of aryl methyl sites for hydroxylation is 1. The van der Waals surface area contributed by atoms with E-state index in [4.69, 9.17) is 21.1 Å². The minimum Gasteiger partial charge on any atom is -0.491 e. The first kappa shape index (κ1) is 20.8. The Balaban J connectivity index is 2.23. The van der Waals surface area contributed by atoms with Crippen LogP contribution in [0.2, 0.25) is 5.02 Å². The van der Waals surface area contributed by atoms with Crippen molar-refractivity contribution in [2.45, 2.75) is 33.6 Å². The Morgan fingerprint density at radius 2 is 2.04 bits per heavy atom. The Morgan fingerprint density at radius 3 is 2.67 bits per heavy atom. The zero-order valence-corrected chi connectivity index (χ0v) is 17.2. The minimum atomic E-state index is -0.198. The second-order valence-electron chi connectivity index (χ2n) is 6.48. The monoisotopic (exact) mass is 387 g/mol. The van der Waals surface area contributed by atoms with Crippen molar-refractivity contribution in [2.75, 3.05) is 19.0 Å². The molecule has 0 aromatic heterocycles. The van der Waals surface area contributed by atoms with Crippen LogP contribution in [0, 0.1) is 6.92 Å². The second kappa shape index (κ2) is 9.47. The fraction of sp³-hybridized carbons (Fsp3) is 0.318. The van der Waals surface area contributed by atoms with E-state index in [-0.39, 0.29) is 5.91 Å². The fourth-order valence-corrected chi connectivity index (χ4v) is 3.12. The SMILES string of the molecule is CCOc1cc(/C=C/C(=O)Nc2c(C)cccc2C(C)C)cc(Cl)c1OC. The number of ether oxygens (including phenoxy) is 2. The van der Waals surface area contributed by atoms with Crippen LogP contribution in [0.15, 0.2) is 36.4 Å². The van der Waals surface area contributed by atoms with Gasteiger partial charge < -0.3 is 14.8 Å². The average Bonchev–Trinajstić information content (AvgIpc) is 2.61. The van der Waals surface area contributed by atoms with Crippen molar-refractivity contribution in [2.24, 2.45) is 0 Å². The summed E-state index contributed by atoms with van der Waals surface area (Å²) >= 11 is 6.25. The molecule has 2 rings (SSSR count). The molecule has 4 nitrogen and oxygen atoms in total. The lowest BCUT2D eigenvalue weighted by molar-refractivity contribution is -0.111. The standard InChI is InChI=1S/C22H26ClNO3/c1-6-27-19-13-16(12-18(23)22(19)26-5)10-11-20(25)24-21-15(4)8-7-9-17(21)14(2)3/h7-14H,6H2,1-5H3,(H,24,25)/b11-10+. The number of rotatable bonds is 7. The van der Waals surface area contributed by atoms with Gasteiger partial charge in [-0.1, -0.05) is 43.6 Å². The van der Waals surface area contributed by atoms with Crippen LogP contribution in [0.4, 0.5) is 5.69 Å². The summed E-state index contributed by atoms with van der Waals surface area (Å²) in [5, 5.41) is 3.43. The van der Waals surface area contributed by atoms with Gasteiger partial charge in [0.15, 0.2) is 11.5 Å². The van der Waals surface area contributed by atoms with E-state index in [2.05, 4.69) is 19.2 Å². The molecule has 1 amide bonds. The van der Waals surface area contributed by atoms with E-state index >= 15 is 0 Å². The molecule has 2 aromatic carbocycles. The van der Waals surface area contributed by atoms with Crippen LogP contribution in [0.3, 0.4) is 0 Å². The van der Waals surface area contributed by atoms with Crippen LogP contribution in [0.5, 0.6) is 11.5 Å². The fourth-order valence-electron chi connectivity index (χ4n) is 2.82. The molecule has 0 saturated heterocycles. The summed E-state index contributed by atoms with van der Waals surface area (Å²) in [4.78, 5) is 12.4. The number of carbonyl (C=O) groups is 1. The van der Waals surface area contributed by atoms with Crippen molar-refractivity contribution in [3.8, 4) is 11.5 Å². The molecular formula is C22H26ClNO3. The highest BCUT2D eigenvalue weighted by molar-refractivity contribution is 6.32. The molecule has 0 bridgehead atoms. The van der Waals surface area contributed by atoms with Crippen molar-refractivity contribution >= 4 is 29.3 Å². The summed E-state index contributed by atoms with van der Waals surface area (Å²) in [5.74, 6) is 1.16. The molecule has 0 aliphatic carbocycles. The third-order valence-corrected chi connectivity index (χ3v) is 4.42. The molecule has 0 aliphatic heterocycles. The van der Waals surface area contributed by atoms with Crippen LogP contribution in [0.25, 0.3) is 6.08 Å². The van der Waals surface area contributed by atoms with Gasteiger partial charge in [0.2, 0.25) is 5.91 Å². The number of hydrogen-bond acceptors (Lipinski definition) is 3. The molecular weight excluding hydrogens is 362 g/mol. The smallest absolute Gasteiger partial charge is 0.248 e. The number of benzene rings is 2. The van der Waals surface area contributed by atoms with Crippen molar-refractivity contribution in [3.05, 3.63) is 58.1 Å². The Kier molecular flexibility index (Phi) is 7.31. The van der Waals surface area contributed by atoms with Gasteiger partial charge >= 0.3 is 0 Å². The number of methoxy groups -OCH3 is 1. The quantitative estimate of drug-likeness (QED) is 0.608. The lowest BCUT2D eigenvalue weighted by atomic mass is 9.98. The lowest BCUT2D eigenvalue weighted by Crippen LogP contribution is -2.11. The highest BCUT2D eigenvalue weighted by atomic mass is 35.5. The second-order valence-corrected chi connectivity index (χ2v) is 6.89. The summed E-state index contributed by atoms with van der Waals surface area (Å²) in [5.41, 5.74) is 3.77. The third-order valence-electron chi connectivity index (χ3n) is 4.14. The van der Waals surface area contributed by atoms with Crippen LogP contribution < -0.4 is 14.8 Å². The number of anilines is 1. The molecule has 1 N–H and O–H groups in total. The van der Waals surface area contributed by atoms with Gasteiger partial charge in [-0.25, -0.2) is 0 Å². The van der Waals surface area contributed by atoms with Gasteiger partial charge in [0, 0.05) is 11.8 Å². The Labute approximate surface area is 166 Å². The van der Waals surface area contributed by atoms with Gasteiger partial charge in [0.05, 0.1) is 18.7 Å². The van der Waals surface area contributed by atoms with E-state index in [9.17, 15) is 4.79 Å². The molecule has 27 heavy (non-hydrogen) atoms. The van der Waals surface area contributed by atoms with Crippen LogP contribution in [-0.2, 0) is 4.79 Å². The molecule has 0 unspecified atom stereocenters. The van der Waals surface area contributed by atoms with Gasteiger partial charge in [-0.3, -0.25) is 4.79 Å². The third kappa shape index (κ3) is 5.27. The molecule has 0 atom stereocenters. The highest BCUT2D eigenvalue weighted by Gasteiger charge is 2.12. The van der Waals surface area contributed by atoms with Crippen LogP contribution in [0.1, 0.15) is 43.4 Å². The van der Waals surface area contributed by atoms with Crippen LogP contribution in [-0.4, -0.2) is 19.6 Å². The largest absolute Gasteiger partial charge is 0.491 e. The Bertz CT molecular complexity index is 844. The van der Waals surface area contributed by atoms with E-state index < -0.39 is 0 Å². The molecule has 5 heteroatoms. The number of halogens is 1. The molecule has 0 fully saturated rings. The predicted octanol–water partition coefficient (Wildman–Crippen LogP) is 5.83. The van der Waals surface area contributed by atoms with E-state index in [0.717, 1.165) is 22.4 Å². The summed E-state index contributed by atoms with van der Waals surface area (Å²) < 4.78 is 10.8. The topological polar surface area (TPSA) is 47.6 Å². The molecule has 0 spiro atoms. The number of amides is 1. The van der Waals surface area contributed by atoms with E-state index in [1.807, 2.05) is 32.0 Å². The summed E-state index contributed by atoms with van der Waals surface area (Å²) in [7, 11) is 1.54. The maximum absolute atomic E-state index is 12.4. The first-order valence-corrected chi connectivity index (χ1v) is 9.34. The normalized spacial score (nSPS) is 11.1. The minimum absolute atomic E-state index is 0.198. The number of para-hydroxylation sites is 1. The molecule has 144 valence electrons. The van der Waals surface area contributed by atoms with Gasteiger partial charge in [-0.05, 0) is 54.7 Å². The summed E-state index contributed by atoms with van der Waals surface area (Å²) in [6.45, 7) is 8.58. The Hall–Kier alpha value is -2.46. The zero-order chi connectivity index (χ0) is 20.0. The molecule has 0 radical (unpaired) electrons. The highest BCUT2D eigenvalue weighted by Crippen LogP contribution is 2.36. The van der Waals surface area contributed by atoms with Gasteiger partial charge in [0.1, 0.15) is 0 Å². The van der Waals surface area contributed by atoms with Crippen LogP contribution >= 0.6 is 11.6 Å². The summed E-state index contributed by atoms with van der Waals surface area (Å²) in [6, 6.07) is 9.56. The van der Waals surface area contributed by atoms with E-state index in [0.29, 0.717) is 29.0 Å². The lowest BCUT2D eigenvalue weighted by Gasteiger charge is -2.15. The maximum atomic E-state index is 12.4. The number of nitrogens with one attached hydrogen (secondary N) is 1. The van der Waals surface area contributed by atoms with E-state index in [1.165, 1.54) is 6.08 Å². The van der Waals surface area contributed by atoms with Crippen molar-refractivity contribution < 1.29 is 14.3 Å². The maximum Gasteiger partial charge on any atom is 0.248 e. The molecule has 2 aromatic rings. The molecule has 0 heterocycles. The summed E-state index contributed by atoms with van der Waals surface area (Å²) in [6.07, 6.45) is 3.20. The van der Waals surface area contributed by atoms with Gasteiger partial charge in [-0.2, -0.15) is 0 Å². The molecule has 0 saturated carbocycles. The number of carbonyl (C=O) groups excluding carboxylic acids is 1. The number of hydrogen-bond donors (Lipinski definition) is 1. The first-order chi connectivity index (χ1) is 12.9. The van der Waals surface area contributed by atoms with Crippen molar-refractivity contribution in [3.63, 3.8) is 0 Å². The van der Waals surface area contributed by atoms with Gasteiger partial charge in [-0.15, -0.1) is 0 Å². The predicted molar refractivity (Wildman–Crippen MR) is 112 cm³/mol. The Morgan fingerprint density at radius 1 is 1.30 bits per heavy atom. The van der Waals surface area contributed by atoms with Gasteiger partial charge in [0.25, 0.3) is 0 Å². The van der Waals surface area contributed by atoms with Crippen molar-refractivity contribution in [1.82, 2.24) is 0 Å². The average molecular weight is 388 g/mol. The first-order valence-electron chi connectivity index (χ1n) is 8.96.